The fraction of sp³-hybridized carbons (Fsp3) is 0.190. The fourth-order valence-electron chi connectivity index (χ4n) is 3.00. The third kappa shape index (κ3) is 4.91. The summed E-state index contributed by atoms with van der Waals surface area (Å²) in [6, 6.07) is 17.2. The van der Waals surface area contributed by atoms with Crippen LogP contribution in [0.15, 0.2) is 59.4 Å². The van der Waals surface area contributed by atoms with Gasteiger partial charge in [-0.05, 0) is 24.1 Å². The van der Waals surface area contributed by atoms with Gasteiger partial charge >= 0.3 is 0 Å². The van der Waals surface area contributed by atoms with Crippen molar-refractivity contribution in [2.45, 2.75) is 25.7 Å². The Morgan fingerprint density at radius 1 is 1.03 bits per heavy atom. The molecular weight excluding hydrogens is 386 g/mol. The number of anilines is 1. The van der Waals surface area contributed by atoms with Gasteiger partial charge in [0.15, 0.2) is 0 Å². The Morgan fingerprint density at radius 2 is 1.83 bits per heavy atom. The molecule has 0 unspecified atom stereocenters. The van der Waals surface area contributed by atoms with Crippen LogP contribution in [0, 0.1) is 0 Å². The lowest BCUT2D eigenvalue weighted by Gasteiger charge is -2.03. The van der Waals surface area contributed by atoms with Gasteiger partial charge in [-0.1, -0.05) is 53.8 Å². The molecule has 2 aromatic heterocycles. The average Bonchev–Trinajstić information content (AvgIpc) is 3.15. The van der Waals surface area contributed by atoms with Gasteiger partial charge in [0, 0.05) is 19.3 Å². The summed E-state index contributed by atoms with van der Waals surface area (Å²) in [4.78, 5) is 31.5. The third-order valence-electron chi connectivity index (χ3n) is 4.39. The molecule has 0 atom stereocenters. The van der Waals surface area contributed by atoms with Crippen molar-refractivity contribution in [1.82, 2.24) is 20.2 Å². The third-order valence-corrected chi connectivity index (χ3v) is 5.23. The quantitative estimate of drug-likeness (QED) is 0.491. The molecule has 146 valence electrons. The van der Waals surface area contributed by atoms with Crippen molar-refractivity contribution in [3.63, 3.8) is 0 Å². The smallest absolute Gasteiger partial charge is 0.258 e. The molecule has 4 aromatic rings. The molecule has 0 radical (unpaired) electrons. The molecule has 0 saturated heterocycles. The standard InChI is InChI=1S/C21H19N5O2S/c27-18(24-21-26-25-19(29-21)13-14-7-2-1-3-8-14)12-6-11-17-22-16-10-5-4-9-15(16)20(28)23-17/h1-5,7-10H,6,11-13H2,(H,22,23,28)(H,24,26,27). The van der Waals surface area contributed by atoms with E-state index < -0.39 is 0 Å². The molecule has 2 N–H and O–H groups in total. The number of hydrogen-bond donors (Lipinski definition) is 2. The maximum absolute atomic E-state index is 12.2. The van der Waals surface area contributed by atoms with Gasteiger partial charge in [0.2, 0.25) is 11.0 Å². The highest BCUT2D eigenvalue weighted by molar-refractivity contribution is 7.15. The second-order valence-electron chi connectivity index (χ2n) is 6.59. The Hall–Kier alpha value is -3.39. The Kier molecular flexibility index (Phi) is 5.71. The van der Waals surface area contributed by atoms with Crippen molar-refractivity contribution in [2.75, 3.05) is 5.32 Å². The number of rotatable bonds is 7. The Bertz CT molecular complexity index is 1190. The summed E-state index contributed by atoms with van der Waals surface area (Å²) in [5.74, 6) is 0.457. The van der Waals surface area contributed by atoms with Crippen LogP contribution in [0.25, 0.3) is 10.9 Å². The fourth-order valence-corrected chi connectivity index (χ4v) is 3.79. The number of H-pyrrole nitrogens is 1. The number of aryl methyl sites for hydroxylation is 1. The molecule has 1 amide bonds. The van der Waals surface area contributed by atoms with Gasteiger partial charge in [0.1, 0.15) is 10.8 Å². The number of para-hydroxylation sites is 1. The van der Waals surface area contributed by atoms with Crippen molar-refractivity contribution >= 4 is 33.3 Å². The van der Waals surface area contributed by atoms with E-state index in [2.05, 4.69) is 25.5 Å². The van der Waals surface area contributed by atoms with Crippen molar-refractivity contribution in [3.8, 4) is 0 Å². The topological polar surface area (TPSA) is 101 Å². The highest BCUT2D eigenvalue weighted by Gasteiger charge is 2.10. The zero-order valence-corrected chi connectivity index (χ0v) is 16.4. The molecule has 0 bridgehead atoms. The second-order valence-corrected chi connectivity index (χ2v) is 7.66. The Morgan fingerprint density at radius 3 is 2.69 bits per heavy atom. The Labute approximate surface area is 170 Å². The van der Waals surface area contributed by atoms with Crippen LogP contribution in [0.1, 0.15) is 29.2 Å². The summed E-state index contributed by atoms with van der Waals surface area (Å²) in [6.07, 6.45) is 2.09. The molecule has 29 heavy (non-hydrogen) atoms. The molecule has 0 aliphatic rings. The van der Waals surface area contributed by atoms with Gasteiger partial charge < -0.3 is 10.3 Å². The van der Waals surface area contributed by atoms with Gasteiger partial charge in [-0.25, -0.2) is 4.98 Å². The number of hydrogen-bond acceptors (Lipinski definition) is 6. The Balaban J connectivity index is 1.29. The number of benzene rings is 2. The summed E-state index contributed by atoms with van der Waals surface area (Å²) < 4.78 is 0. The number of fused-ring (bicyclic) bond motifs is 1. The SMILES string of the molecule is O=C(CCCc1nc2ccccc2c(=O)[nH]1)Nc1nnc(Cc2ccccc2)s1. The van der Waals surface area contributed by atoms with E-state index in [9.17, 15) is 9.59 Å². The lowest BCUT2D eigenvalue weighted by Crippen LogP contribution is -2.14. The number of aromatic nitrogens is 4. The molecule has 0 aliphatic carbocycles. The predicted molar refractivity (Wildman–Crippen MR) is 113 cm³/mol. The van der Waals surface area contributed by atoms with Gasteiger partial charge in [-0.2, -0.15) is 0 Å². The van der Waals surface area contributed by atoms with E-state index in [-0.39, 0.29) is 11.5 Å². The summed E-state index contributed by atoms with van der Waals surface area (Å²) in [7, 11) is 0. The van der Waals surface area contributed by atoms with E-state index in [0.29, 0.717) is 47.5 Å². The van der Waals surface area contributed by atoms with Gasteiger partial charge in [0.25, 0.3) is 5.56 Å². The van der Waals surface area contributed by atoms with E-state index in [1.54, 1.807) is 6.07 Å². The van der Waals surface area contributed by atoms with Gasteiger partial charge in [-0.3, -0.25) is 9.59 Å². The van der Waals surface area contributed by atoms with Crippen LogP contribution in [0.4, 0.5) is 5.13 Å². The first-order valence-corrected chi connectivity index (χ1v) is 10.1. The zero-order valence-electron chi connectivity index (χ0n) is 15.6. The molecule has 2 aromatic carbocycles. The van der Waals surface area contributed by atoms with Crippen LogP contribution in [0.5, 0.6) is 0 Å². The number of carbonyl (C=O) groups excluding carboxylic acids is 1. The maximum atomic E-state index is 12.2. The summed E-state index contributed by atoms with van der Waals surface area (Å²) >= 11 is 1.38. The highest BCUT2D eigenvalue weighted by atomic mass is 32.1. The number of aromatic amines is 1. The van der Waals surface area contributed by atoms with Crippen LogP contribution in [0.2, 0.25) is 0 Å². The lowest BCUT2D eigenvalue weighted by atomic mass is 10.2. The largest absolute Gasteiger partial charge is 0.310 e. The van der Waals surface area contributed by atoms with Crippen molar-refractivity contribution in [3.05, 3.63) is 81.3 Å². The molecule has 2 heterocycles. The van der Waals surface area contributed by atoms with Gasteiger partial charge in [0.05, 0.1) is 10.9 Å². The monoisotopic (exact) mass is 405 g/mol. The maximum Gasteiger partial charge on any atom is 0.258 e. The first-order chi connectivity index (χ1) is 14.2. The van der Waals surface area contributed by atoms with E-state index in [0.717, 1.165) is 10.6 Å². The highest BCUT2D eigenvalue weighted by Crippen LogP contribution is 2.19. The summed E-state index contributed by atoms with van der Waals surface area (Å²) in [6.45, 7) is 0. The molecule has 0 saturated carbocycles. The molecule has 0 aliphatic heterocycles. The summed E-state index contributed by atoms with van der Waals surface area (Å²) in [5.41, 5.74) is 1.66. The van der Waals surface area contributed by atoms with E-state index in [4.69, 9.17) is 0 Å². The van der Waals surface area contributed by atoms with Crippen LogP contribution in [-0.2, 0) is 17.6 Å². The van der Waals surface area contributed by atoms with Crippen molar-refractivity contribution in [1.29, 1.82) is 0 Å². The van der Waals surface area contributed by atoms with Crippen molar-refractivity contribution < 1.29 is 4.79 Å². The van der Waals surface area contributed by atoms with E-state index >= 15 is 0 Å². The molecule has 7 nitrogen and oxygen atoms in total. The first kappa shape index (κ1) is 18.9. The van der Waals surface area contributed by atoms with Crippen LogP contribution in [0.3, 0.4) is 0 Å². The van der Waals surface area contributed by atoms with Crippen LogP contribution < -0.4 is 10.9 Å². The zero-order chi connectivity index (χ0) is 20.1. The number of nitrogens with one attached hydrogen (secondary N) is 2. The van der Waals surface area contributed by atoms with E-state index in [1.807, 2.05) is 48.5 Å². The average molecular weight is 405 g/mol. The summed E-state index contributed by atoms with van der Waals surface area (Å²) in [5, 5.41) is 12.9. The number of amides is 1. The van der Waals surface area contributed by atoms with Crippen LogP contribution >= 0.6 is 11.3 Å². The molecule has 4 rings (SSSR count). The molecule has 0 fully saturated rings. The normalized spacial score (nSPS) is 10.9. The minimum Gasteiger partial charge on any atom is -0.310 e. The minimum atomic E-state index is -0.158. The minimum absolute atomic E-state index is 0.129. The number of carbonyl (C=O) groups is 1. The molecule has 8 heteroatoms. The van der Waals surface area contributed by atoms with E-state index in [1.165, 1.54) is 11.3 Å². The second kappa shape index (κ2) is 8.74. The van der Waals surface area contributed by atoms with Crippen LogP contribution in [-0.4, -0.2) is 26.1 Å². The van der Waals surface area contributed by atoms with Gasteiger partial charge in [-0.15, -0.1) is 10.2 Å². The predicted octanol–water partition coefficient (Wildman–Crippen LogP) is 3.33. The van der Waals surface area contributed by atoms with Crippen molar-refractivity contribution in [2.24, 2.45) is 0 Å². The lowest BCUT2D eigenvalue weighted by molar-refractivity contribution is -0.116. The molecular formula is C21H19N5O2S. The molecule has 0 spiro atoms. The first-order valence-electron chi connectivity index (χ1n) is 9.31. The number of nitrogens with zero attached hydrogens (tertiary/aromatic N) is 3.